The van der Waals surface area contributed by atoms with Crippen molar-refractivity contribution in [3.63, 3.8) is 0 Å². The van der Waals surface area contributed by atoms with Gasteiger partial charge in [-0.05, 0) is 26.0 Å². The number of carbonyl (C=O) groups is 1. The first kappa shape index (κ1) is 21.5. The molecule has 1 N–H and O–H groups in total. The molecule has 2 aromatic heterocycles. The molecule has 6 nitrogen and oxygen atoms in total. The number of aryl methyl sites for hydroxylation is 1. The van der Waals surface area contributed by atoms with Crippen molar-refractivity contribution in [3.05, 3.63) is 64.5 Å². The van der Waals surface area contributed by atoms with E-state index in [0.717, 1.165) is 0 Å². The lowest BCUT2D eigenvalue weighted by Crippen LogP contribution is -2.22. The number of amides is 1. The molecule has 0 unspecified atom stereocenters. The average Bonchev–Trinajstić information content (AvgIpc) is 3.21. The fraction of sp³-hybridized carbons (Fsp3) is 0.316. The molecule has 0 bridgehead atoms. The molecular weight excluding hydrogens is 409 g/mol. The number of rotatable bonds is 7. The number of halogens is 5. The van der Waals surface area contributed by atoms with Crippen molar-refractivity contribution in [2.75, 3.05) is 5.32 Å². The van der Waals surface area contributed by atoms with Gasteiger partial charge in [-0.1, -0.05) is 18.2 Å². The molecule has 0 aliphatic rings. The summed E-state index contributed by atoms with van der Waals surface area (Å²) in [5.74, 6) is -1.14. The molecule has 0 radical (unpaired) electrons. The third kappa shape index (κ3) is 4.50. The summed E-state index contributed by atoms with van der Waals surface area (Å²) in [6, 6.07) is 6.75. The van der Waals surface area contributed by atoms with Crippen LogP contribution < -0.4 is 5.32 Å². The highest BCUT2D eigenvalue weighted by Crippen LogP contribution is 2.26. The number of nitrogens with one attached hydrogen (secondary N) is 1. The summed E-state index contributed by atoms with van der Waals surface area (Å²) in [7, 11) is 0. The van der Waals surface area contributed by atoms with Gasteiger partial charge in [0.1, 0.15) is 23.7 Å². The highest BCUT2D eigenvalue weighted by atomic mass is 19.3. The fourth-order valence-electron chi connectivity index (χ4n) is 3.00. The highest BCUT2D eigenvalue weighted by molar-refractivity contribution is 5.91. The Balaban J connectivity index is 1.78. The molecule has 30 heavy (non-hydrogen) atoms. The molecule has 160 valence electrons. The second-order valence-corrected chi connectivity index (χ2v) is 6.60. The standard InChI is InChI=1S/C19H18F5N5O/c1-10-17(11(2)28(26-10)8-12-5-3-4-6-13(12)20)25-16(30)9-29-15(19(23)24)7-14(27-29)18(21)22/h3-7,18-19H,8-9H2,1-2H3,(H,25,30). The summed E-state index contributed by atoms with van der Waals surface area (Å²) in [6.45, 7) is 2.73. The Labute approximate surface area is 168 Å². The summed E-state index contributed by atoms with van der Waals surface area (Å²) in [4.78, 5) is 12.4. The highest BCUT2D eigenvalue weighted by Gasteiger charge is 2.23. The molecule has 1 aromatic carbocycles. The van der Waals surface area contributed by atoms with Crippen LogP contribution in [-0.4, -0.2) is 25.5 Å². The minimum atomic E-state index is -3.07. The van der Waals surface area contributed by atoms with E-state index in [1.165, 1.54) is 10.7 Å². The van der Waals surface area contributed by atoms with Crippen molar-refractivity contribution in [3.8, 4) is 0 Å². The van der Waals surface area contributed by atoms with Crippen molar-refractivity contribution >= 4 is 11.6 Å². The number of alkyl halides is 4. The SMILES string of the molecule is Cc1nn(Cc2ccccc2F)c(C)c1NC(=O)Cn1nc(C(F)F)cc1C(F)F. The second kappa shape index (κ2) is 8.64. The number of aromatic nitrogens is 4. The van der Waals surface area contributed by atoms with Gasteiger partial charge in [0, 0.05) is 5.56 Å². The van der Waals surface area contributed by atoms with Gasteiger partial charge in [0.2, 0.25) is 5.91 Å². The van der Waals surface area contributed by atoms with E-state index in [2.05, 4.69) is 15.5 Å². The minimum absolute atomic E-state index is 0.127. The van der Waals surface area contributed by atoms with Gasteiger partial charge in [0.25, 0.3) is 12.9 Å². The third-order valence-corrected chi connectivity index (χ3v) is 4.49. The van der Waals surface area contributed by atoms with E-state index >= 15 is 0 Å². The topological polar surface area (TPSA) is 64.7 Å². The maximum absolute atomic E-state index is 13.9. The molecule has 0 saturated heterocycles. The monoisotopic (exact) mass is 427 g/mol. The summed E-state index contributed by atoms with van der Waals surface area (Å²) in [5, 5.41) is 10.2. The van der Waals surface area contributed by atoms with Gasteiger partial charge in [-0.2, -0.15) is 10.2 Å². The van der Waals surface area contributed by atoms with E-state index in [0.29, 0.717) is 33.4 Å². The van der Waals surface area contributed by atoms with Gasteiger partial charge >= 0.3 is 0 Å². The zero-order valence-electron chi connectivity index (χ0n) is 16.0. The maximum Gasteiger partial charge on any atom is 0.282 e. The van der Waals surface area contributed by atoms with Crippen molar-refractivity contribution in [2.45, 2.75) is 39.8 Å². The van der Waals surface area contributed by atoms with Crippen LogP contribution in [0, 0.1) is 19.7 Å². The predicted octanol–water partition coefficient (Wildman–Crippen LogP) is 4.40. The van der Waals surface area contributed by atoms with E-state index in [-0.39, 0.29) is 6.54 Å². The lowest BCUT2D eigenvalue weighted by Gasteiger charge is -2.09. The molecule has 0 saturated carbocycles. The molecule has 11 heteroatoms. The van der Waals surface area contributed by atoms with Gasteiger partial charge < -0.3 is 5.32 Å². The van der Waals surface area contributed by atoms with Crippen LogP contribution in [0.25, 0.3) is 0 Å². The van der Waals surface area contributed by atoms with E-state index in [4.69, 9.17) is 0 Å². The summed E-state index contributed by atoms with van der Waals surface area (Å²) >= 11 is 0. The average molecular weight is 427 g/mol. The van der Waals surface area contributed by atoms with Crippen LogP contribution in [0.4, 0.5) is 27.6 Å². The van der Waals surface area contributed by atoms with Crippen LogP contribution in [0.2, 0.25) is 0 Å². The lowest BCUT2D eigenvalue weighted by molar-refractivity contribution is -0.117. The van der Waals surface area contributed by atoms with Crippen molar-refractivity contribution in [1.82, 2.24) is 19.6 Å². The van der Waals surface area contributed by atoms with Gasteiger partial charge in [0.05, 0.1) is 23.6 Å². The Morgan fingerprint density at radius 1 is 1.07 bits per heavy atom. The summed E-state index contributed by atoms with van der Waals surface area (Å²) in [5.41, 5.74) is 0.0778. The number of carbonyl (C=O) groups excluding carboxylic acids is 1. The number of anilines is 1. The predicted molar refractivity (Wildman–Crippen MR) is 98.0 cm³/mol. The quantitative estimate of drug-likeness (QED) is 0.569. The van der Waals surface area contributed by atoms with Crippen LogP contribution in [0.15, 0.2) is 30.3 Å². The number of benzene rings is 1. The molecule has 3 aromatic rings. The largest absolute Gasteiger partial charge is 0.321 e. The molecule has 2 heterocycles. The van der Waals surface area contributed by atoms with Crippen LogP contribution in [0.1, 0.15) is 41.2 Å². The Morgan fingerprint density at radius 3 is 2.40 bits per heavy atom. The molecule has 0 spiro atoms. The van der Waals surface area contributed by atoms with Crippen molar-refractivity contribution < 1.29 is 26.7 Å². The van der Waals surface area contributed by atoms with Crippen molar-refractivity contribution in [2.24, 2.45) is 0 Å². The fourth-order valence-corrected chi connectivity index (χ4v) is 3.00. The van der Waals surface area contributed by atoms with Crippen LogP contribution >= 0.6 is 0 Å². The molecule has 0 aliphatic heterocycles. The number of nitrogens with zero attached hydrogens (tertiary/aromatic N) is 4. The first-order chi connectivity index (χ1) is 14.2. The van der Waals surface area contributed by atoms with Crippen LogP contribution in [0.3, 0.4) is 0 Å². The Bertz CT molecular complexity index is 1060. The van der Waals surface area contributed by atoms with Gasteiger partial charge in [-0.15, -0.1) is 0 Å². The van der Waals surface area contributed by atoms with E-state index in [9.17, 15) is 26.7 Å². The van der Waals surface area contributed by atoms with Crippen molar-refractivity contribution in [1.29, 1.82) is 0 Å². The molecule has 0 atom stereocenters. The molecule has 1 amide bonds. The first-order valence-electron chi connectivity index (χ1n) is 8.88. The summed E-state index contributed by atoms with van der Waals surface area (Å²) < 4.78 is 67.6. The zero-order valence-corrected chi connectivity index (χ0v) is 16.0. The molecule has 0 aliphatic carbocycles. The minimum Gasteiger partial charge on any atom is -0.321 e. The maximum atomic E-state index is 13.9. The number of hydrogen-bond acceptors (Lipinski definition) is 3. The van der Waals surface area contributed by atoms with E-state index in [1.807, 2.05) is 0 Å². The first-order valence-corrected chi connectivity index (χ1v) is 8.88. The lowest BCUT2D eigenvalue weighted by atomic mass is 10.2. The third-order valence-electron chi connectivity index (χ3n) is 4.49. The normalized spacial score (nSPS) is 11.5. The van der Waals surface area contributed by atoms with Crippen LogP contribution in [0.5, 0.6) is 0 Å². The molecular formula is C19H18F5N5O. The van der Waals surface area contributed by atoms with Gasteiger partial charge in [0.15, 0.2) is 0 Å². The van der Waals surface area contributed by atoms with E-state index < -0.39 is 42.5 Å². The van der Waals surface area contributed by atoms with Gasteiger partial charge in [-0.25, -0.2) is 22.0 Å². The Hall–Kier alpha value is -3.24. The molecule has 3 rings (SSSR count). The molecule has 0 fully saturated rings. The van der Waals surface area contributed by atoms with Gasteiger partial charge in [-0.3, -0.25) is 14.2 Å². The van der Waals surface area contributed by atoms with Crippen LogP contribution in [-0.2, 0) is 17.9 Å². The van der Waals surface area contributed by atoms with E-state index in [1.54, 1.807) is 32.0 Å². The smallest absolute Gasteiger partial charge is 0.282 e. The zero-order chi connectivity index (χ0) is 22.0. The number of hydrogen-bond donors (Lipinski definition) is 1. The second-order valence-electron chi connectivity index (χ2n) is 6.60. The Kier molecular flexibility index (Phi) is 6.18. The summed E-state index contributed by atoms with van der Waals surface area (Å²) in [6.07, 6.45) is -6.10. The Morgan fingerprint density at radius 2 is 1.77 bits per heavy atom.